The van der Waals surface area contributed by atoms with Gasteiger partial charge in [-0.3, -0.25) is 0 Å². The lowest BCUT2D eigenvalue weighted by Crippen LogP contribution is -2.46. The first-order valence-corrected chi connectivity index (χ1v) is 7.56. The summed E-state index contributed by atoms with van der Waals surface area (Å²) in [4.78, 5) is 11.3. The topological polar surface area (TPSA) is 41.0 Å². The van der Waals surface area contributed by atoms with Crippen molar-refractivity contribution in [2.45, 2.75) is 32.2 Å². The molecule has 4 heteroatoms. The molecule has 3 rings (SSSR count). The molecule has 1 aromatic carbocycles. The van der Waals surface area contributed by atoms with E-state index in [0.717, 1.165) is 36.4 Å². The van der Waals surface area contributed by atoms with E-state index in [1.807, 2.05) is 6.07 Å². The number of fused-ring (bicyclic) bond motifs is 1. The molecule has 1 aromatic heterocycles. The van der Waals surface area contributed by atoms with Crippen LogP contribution >= 0.6 is 0 Å². The van der Waals surface area contributed by atoms with Crippen LogP contribution in [0, 0.1) is 0 Å². The van der Waals surface area contributed by atoms with Crippen LogP contribution in [0.2, 0.25) is 0 Å². The molecule has 20 heavy (non-hydrogen) atoms. The smallest absolute Gasteiger partial charge is 0.139 e. The van der Waals surface area contributed by atoms with Gasteiger partial charge in [0.2, 0.25) is 0 Å². The van der Waals surface area contributed by atoms with E-state index in [0.29, 0.717) is 6.04 Å². The van der Waals surface area contributed by atoms with Gasteiger partial charge in [0.15, 0.2) is 0 Å². The van der Waals surface area contributed by atoms with Crippen LogP contribution < -0.4 is 10.2 Å². The molecular weight excluding hydrogens is 248 g/mol. The first-order chi connectivity index (χ1) is 9.88. The van der Waals surface area contributed by atoms with Gasteiger partial charge in [0, 0.05) is 24.5 Å². The average Bonchev–Trinajstić information content (AvgIpc) is 2.52. The Labute approximate surface area is 120 Å². The van der Waals surface area contributed by atoms with E-state index in [1.54, 1.807) is 6.33 Å². The van der Waals surface area contributed by atoms with Crippen LogP contribution in [0.4, 0.5) is 5.82 Å². The Kier molecular flexibility index (Phi) is 4.11. The van der Waals surface area contributed by atoms with Gasteiger partial charge in [-0.15, -0.1) is 0 Å². The summed E-state index contributed by atoms with van der Waals surface area (Å²) < 4.78 is 0. The third kappa shape index (κ3) is 2.75. The molecule has 1 aliphatic heterocycles. The van der Waals surface area contributed by atoms with Crippen LogP contribution in [0.15, 0.2) is 30.6 Å². The van der Waals surface area contributed by atoms with Crippen LogP contribution in [0.5, 0.6) is 0 Å². The summed E-state index contributed by atoms with van der Waals surface area (Å²) in [5, 5.41) is 4.79. The van der Waals surface area contributed by atoms with Crippen molar-refractivity contribution < 1.29 is 0 Å². The number of hydrogen-bond donors (Lipinski definition) is 1. The lowest BCUT2D eigenvalue weighted by atomic mass is 10.0. The molecule has 0 saturated carbocycles. The van der Waals surface area contributed by atoms with Crippen molar-refractivity contribution in [1.82, 2.24) is 15.3 Å². The molecule has 1 atom stereocenters. The number of para-hydroxylation sites is 1. The first-order valence-electron chi connectivity index (χ1n) is 7.56. The zero-order chi connectivity index (χ0) is 13.8. The molecule has 1 N–H and O–H groups in total. The second-order valence-electron chi connectivity index (χ2n) is 5.45. The minimum atomic E-state index is 0.581. The highest BCUT2D eigenvalue weighted by Crippen LogP contribution is 2.25. The Hall–Kier alpha value is -1.68. The second-order valence-corrected chi connectivity index (χ2v) is 5.45. The van der Waals surface area contributed by atoms with Crippen molar-refractivity contribution in [3.63, 3.8) is 0 Å². The third-order valence-corrected chi connectivity index (χ3v) is 3.93. The fourth-order valence-corrected chi connectivity index (χ4v) is 2.93. The predicted molar refractivity (Wildman–Crippen MR) is 83.1 cm³/mol. The van der Waals surface area contributed by atoms with Crippen molar-refractivity contribution in [2.24, 2.45) is 0 Å². The van der Waals surface area contributed by atoms with E-state index in [-0.39, 0.29) is 0 Å². The average molecular weight is 270 g/mol. The van der Waals surface area contributed by atoms with Crippen LogP contribution in [-0.4, -0.2) is 35.6 Å². The summed E-state index contributed by atoms with van der Waals surface area (Å²) in [6.07, 6.45) is 5.35. The molecule has 2 aromatic rings. The number of anilines is 1. The summed E-state index contributed by atoms with van der Waals surface area (Å²) in [7, 11) is 0. The Morgan fingerprint density at radius 1 is 1.30 bits per heavy atom. The quantitative estimate of drug-likeness (QED) is 0.927. The first kappa shape index (κ1) is 13.3. The minimum Gasteiger partial charge on any atom is -0.354 e. The molecule has 2 heterocycles. The maximum atomic E-state index is 4.53. The molecule has 0 spiro atoms. The fraction of sp³-hybridized carbons (Fsp3) is 0.500. The Morgan fingerprint density at radius 3 is 3.10 bits per heavy atom. The van der Waals surface area contributed by atoms with E-state index >= 15 is 0 Å². The van der Waals surface area contributed by atoms with Gasteiger partial charge in [-0.1, -0.05) is 19.1 Å². The van der Waals surface area contributed by atoms with Gasteiger partial charge in [0.05, 0.1) is 5.52 Å². The summed E-state index contributed by atoms with van der Waals surface area (Å²) in [6, 6.07) is 8.84. The number of rotatable bonds is 4. The summed E-state index contributed by atoms with van der Waals surface area (Å²) in [5.41, 5.74) is 1.03. The van der Waals surface area contributed by atoms with Crippen molar-refractivity contribution in [3.8, 4) is 0 Å². The van der Waals surface area contributed by atoms with Gasteiger partial charge >= 0.3 is 0 Å². The van der Waals surface area contributed by atoms with Gasteiger partial charge in [-0.05, 0) is 37.9 Å². The zero-order valence-corrected chi connectivity index (χ0v) is 12.0. The number of nitrogens with one attached hydrogen (secondary N) is 1. The van der Waals surface area contributed by atoms with E-state index in [9.17, 15) is 0 Å². The van der Waals surface area contributed by atoms with Crippen LogP contribution in [-0.2, 0) is 0 Å². The lowest BCUT2D eigenvalue weighted by Gasteiger charge is -2.34. The number of aromatic nitrogens is 2. The number of hydrogen-bond acceptors (Lipinski definition) is 4. The Bertz CT molecular complexity index is 564. The van der Waals surface area contributed by atoms with E-state index in [4.69, 9.17) is 0 Å². The number of benzene rings is 1. The van der Waals surface area contributed by atoms with E-state index in [1.165, 1.54) is 19.3 Å². The van der Waals surface area contributed by atoms with Gasteiger partial charge < -0.3 is 10.2 Å². The molecule has 0 radical (unpaired) electrons. The van der Waals surface area contributed by atoms with Crippen LogP contribution in [0.3, 0.4) is 0 Å². The Morgan fingerprint density at radius 2 is 2.20 bits per heavy atom. The van der Waals surface area contributed by atoms with Gasteiger partial charge in [0.1, 0.15) is 12.1 Å². The highest BCUT2D eigenvalue weighted by atomic mass is 15.2. The zero-order valence-electron chi connectivity index (χ0n) is 12.0. The van der Waals surface area contributed by atoms with Crippen molar-refractivity contribution in [2.75, 3.05) is 24.5 Å². The predicted octanol–water partition coefficient (Wildman–Crippen LogP) is 2.60. The SMILES string of the molecule is CCCNC1CCCN(c2ncnc3ccccc23)C1. The molecule has 1 fully saturated rings. The molecule has 1 saturated heterocycles. The van der Waals surface area contributed by atoms with Crippen molar-refractivity contribution >= 4 is 16.7 Å². The minimum absolute atomic E-state index is 0.581. The van der Waals surface area contributed by atoms with Crippen LogP contribution in [0.25, 0.3) is 10.9 Å². The number of nitrogens with zero attached hydrogens (tertiary/aromatic N) is 3. The van der Waals surface area contributed by atoms with Crippen LogP contribution in [0.1, 0.15) is 26.2 Å². The largest absolute Gasteiger partial charge is 0.354 e. The molecule has 1 unspecified atom stereocenters. The molecule has 0 amide bonds. The van der Waals surface area contributed by atoms with Crippen molar-refractivity contribution in [1.29, 1.82) is 0 Å². The second kappa shape index (κ2) is 6.18. The molecule has 106 valence electrons. The highest BCUT2D eigenvalue weighted by Gasteiger charge is 2.21. The fourth-order valence-electron chi connectivity index (χ4n) is 2.93. The molecule has 4 nitrogen and oxygen atoms in total. The normalized spacial score (nSPS) is 19.4. The number of piperidine rings is 1. The standard InChI is InChI=1S/C16H22N4/c1-2-9-17-13-6-5-10-20(11-13)16-14-7-3-4-8-15(14)18-12-19-16/h3-4,7-8,12-13,17H,2,5-6,9-11H2,1H3. The molecule has 0 aliphatic carbocycles. The summed E-state index contributed by atoms with van der Waals surface area (Å²) in [6.45, 7) is 5.45. The molecular formula is C16H22N4. The molecule has 0 bridgehead atoms. The van der Waals surface area contributed by atoms with Gasteiger partial charge in [-0.25, -0.2) is 9.97 Å². The van der Waals surface area contributed by atoms with E-state index in [2.05, 4.69) is 45.3 Å². The maximum absolute atomic E-state index is 4.53. The van der Waals surface area contributed by atoms with Gasteiger partial charge in [-0.2, -0.15) is 0 Å². The summed E-state index contributed by atoms with van der Waals surface area (Å²) in [5.74, 6) is 1.08. The molecule has 1 aliphatic rings. The van der Waals surface area contributed by atoms with Crippen molar-refractivity contribution in [3.05, 3.63) is 30.6 Å². The highest BCUT2D eigenvalue weighted by molar-refractivity contribution is 5.89. The lowest BCUT2D eigenvalue weighted by molar-refractivity contribution is 0.422. The summed E-state index contributed by atoms with van der Waals surface area (Å²) >= 11 is 0. The van der Waals surface area contributed by atoms with E-state index < -0.39 is 0 Å². The Balaban J connectivity index is 1.83. The van der Waals surface area contributed by atoms with Gasteiger partial charge in [0.25, 0.3) is 0 Å². The monoisotopic (exact) mass is 270 g/mol. The maximum Gasteiger partial charge on any atom is 0.139 e. The third-order valence-electron chi connectivity index (χ3n) is 3.93.